The second-order valence-corrected chi connectivity index (χ2v) is 7.87. The third-order valence-electron chi connectivity index (χ3n) is 3.43. The first-order chi connectivity index (χ1) is 10.9. The van der Waals surface area contributed by atoms with Gasteiger partial charge in [-0.3, -0.25) is 4.31 Å². The maximum absolute atomic E-state index is 13.0. The van der Waals surface area contributed by atoms with Crippen molar-refractivity contribution in [2.24, 2.45) is 0 Å². The summed E-state index contributed by atoms with van der Waals surface area (Å²) in [6.45, 7) is 0.223. The summed E-state index contributed by atoms with van der Waals surface area (Å²) in [6, 6.07) is 8.98. The van der Waals surface area contributed by atoms with E-state index in [9.17, 15) is 17.6 Å². The number of benzene rings is 2. The van der Waals surface area contributed by atoms with Gasteiger partial charge in [-0.1, -0.05) is 0 Å². The summed E-state index contributed by atoms with van der Waals surface area (Å²) < 4.78 is 39.8. The lowest BCUT2D eigenvalue weighted by Crippen LogP contribution is -2.35. The molecule has 1 heterocycles. The van der Waals surface area contributed by atoms with E-state index in [1.54, 1.807) is 6.07 Å². The zero-order chi connectivity index (χ0) is 16.6. The van der Waals surface area contributed by atoms with Crippen LogP contribution in [0, 0.1) is 5.82 Å². The Morgan fingerprint density at radius 3 is 2.52 bits per heavy atom. The van der Waals surface area contributed by atoms with Crippen LogP contribution in [0.1, 0.15) is 10.4 Å². The van der Waals surface area contributed by atoms with Gasteiger partial charge >= 0.3 is 5.97 Å². The van der Waals surface area contributed by atoms with Crippen molar-refractivity contribution >= 4 is 33.4 Å². The third kappa shape index (κ3) is 2.91. The average molecular weight is 353 g/mol. The topological polar surface area (TPSA) is 74.7 Å². The molecule has 0 atom stereocenters. The number of rotatable bonds is 3. The van der Waals surface area contributed by atoms with Gasteiger partial charge in [0, 0.05) is 17.2 Å². The van der Waals surface area contributed by atoms with Gasteiger partial charge in [0.1, 0.15) is 5.82 Å². The van der Waals surface area contributed by atoms with E-state index in [2.05, 4.69) is 0 Å². The van der Waals surface area contributed by atoms with Crippen LogP contribution in [0.25, 0.3) is 0 Å². The number of hydrogen-bond acceptors (Lipinski definition) is 4. The fourth-order valence-corrected chi connectivity index (χ4v) is 4.93. The molecule has 120 valence electrons. The van der Waals surface area contributed by atoms with Crippen molar-refractivity contribution in [2.75, 3.05) is 16.6 Å². The Hall–Kier alpha value is -2.06. The Morgan fingerprint density at radius 1 is 1.17 bits per heavy atom. The van der Waals surface area contributed by atoms with Gasteiger partial charge in [0.05, 0.1) is 16.1 Å². The molecule has 0 aliphatic carbocycles. The summed E-state index contributed by atoms with van der Waals surface area (Å²) in [5.41, 5.74) is 0.357. The molecule has 0 bridgehead atoms. The molecule has 5 nitrogen and oxygen atoms in total. The summed E-state index contributed by atoms with van der Waals surface area (Å²) in [5.74, 6) is -1.09. The third-order valence-corrected chi connectivity index (χ3v) is 6.30. The number of sulfonamides is 1. The highest BCUT2D eigenvalue weighted by molar-refractivity contribution is 8.00. The second kappa shape index (κ2) is 5.86. The van der Waals surface area contributed by atoms with Crippen molar-refractivity contribution in [3.05, 3.63) is 53.8 Å². The Balaban J connectivity index is 2.10. The number of hydrogen-bond donors (Lipinski definition) is 1. The first-order valence-electron chi connectivity index (χ1n) is 6.68. The van der Waals surface area contributed by atoms with Crippen LogP contribution in [0.4, 0.5) is 10.1 Å². The predicted molar refractivity (Wildman–Crippen MR) is 85.1 cm³/mol. The van der Waals surface area contributed by atoms with E-state index in [0.29, 0.717) is 16.3 Å². The van der Waals surface area contributed by atoms with Crippen LogP contribution in [0.3, 0.4) is 0 Å². The second-order valence-electron chi connectivity index (χ2n) is 4.87. The van der Waals surface area contributed by atoms with Crippen LogP contribution in [0.5, 0.6) is 0 Å². The number of thioether (sulfide) groups is 1. The van der Waals surface area contributed by atoms with Gasteiger partial charge in [-0.05, 0) is 42.5 Å². The van der Waals surface area contributed by atoms with E-state index in [1.165, 1.54) is 40.3 Å². The Labute approximate surface area is 136 Å². The van der Waals surface area contributed by atoms with Crippen LogP contribution in [-0.4, -0.2) is 31.8 Å². The van der Waals surface area contributed by atoms with E-state index in [-0.39, 0.29) is 17.0 Å². The zero-order valence-electron chi connectivity index (χ0n) is 11.8. The lowest BCUT2D eigenvalue weighted by atomic mass is 10.2. The predicted octanol–water partition coefficient (Wildman–Crippen LogP) is 2.82. The first kappa shape index (κ1) is 15.8. The summed E-state index contributed by atoms with van der Waals surface area (Å²) in [4.78, 5) is 11.8. The van der Waals surface area contributed by atoms with Crippen molar-refractivity contribution < 1.29 is 22.7 Å². The molecule has 8 heteroatoms. The highest BCUT2D eigenvalue weighted by atomic mass is 32.2. The molecule has 1 aliphatic rings. The fourth-order valence-electron chi connectivity index (χ4n) is 2.31. The van der Waals surface area contributed by atoms with Gasteiger partial charge in [0.15, 0.2) is 0 Å². The number of halogens is 1. The van der Waals surface area contributed by atoms with E-state index >= 15 is 0 Å². The lowest BCUT2D eigenvalue weighted by Gasteiger charge is -2.30. The van der Waals surface area contributed by atoms with Gasteiger partial charge in [0.2, 0.25) is 0 Å². The molecule has 1 aliphatic heterocycles. The van der Waals surface area contributed by atoms with Crippen LogP contribution in [0.15, 0.2) is 52.3 Å². The molecule has 0 spiro atoms. The van der Waals surface area contributed by atoms with E-state index in [4.69, 9.17) is 5.11 Å². The van der Waals surface area contributed by atoms with Crippen LogP contribution >= 0.6 is 11.8 Å². The largest absolute Gasteiger partial charge is 0.478 e. The molecule has 2 aromatic rings. The van der Waals surface area contributed by atoms with Crippen LogP contribution in [-0.2, 0) is 10.0 Å². The van der Waals surface area contributed by atoms with Crippen LogP contribution in [0.2, 0.25) is 0 Å². The first-order valence-corrected chi connectivity index (χ1v) is 9.10. The monoisotopic (exact) mass is 353 g/mol. The normalized spacial score (nSPS) is 14.4. The van der Waals surface area contributed by atoms with Crippen molar-refractivity contribution in [3.8, 4) is 0 Å². The SMILES string of the molecule is O=C(O)c1ccc2c(c1)N(S(=O)(=O)c1ccc(F)cc1)CCS2. The van der Waals surface area contributed by atoms with E-state index in [1.807, 2.05) is 0 Å². The van der Waals surface area contributed by atoms with Crippen molar-refractivity contribution in [1.82, 2.24) is 0 Å². The average Bonchev–Trinajstić information content (AvgIpc) is 2.54. The van der Waals surface area contributed by atoms with Crippen molar-refractivity contribution in [2.45, 2.75) is 9.79 Å². The highest BCUT2D eigenvalue weighted by Crippen LogP contribution is 2.38. The molecule has 1 N–H and O–H groups in total. The summed E-state index contributed by atoms with van der Waals surface area (Å²) >= 11 is 1.47. The van der Waals surface area contributed by atoms with Crippen molar-refractivity contribution in [1.29, 1.82) is 0 Å². The molecule has 0 fully saturated rings. The highest BCUT2D eigenvalue weighted by Gasteiger charge is 2.30. The minimum absolute atomic E-state index is 0.0190. The molecule has 0 radical (unpaired) electrons. The maximum Gasteiger partial charge on any atom is 0.335 e. The maximum atomic E-state index is 13.0. The minimum Gasteiger partial charge on any atom is -0.478 e. The zero-order valence-corrected chi connectivity index (χ0v) is 13.4. The molecule has 0 amide bonds. The van der Waals surface area contributed by atoms with E-state index in [0.717, 1.165) is 12.1 Å². The number of carbonyl (C=O) groups is 1. The summed E-state index contributed by atoms with van der Waals surface area (Å²) in [7, 11) is -3.87. The Bertz CT molecular complexity index is 866. The molecule has 3 rings (SSSR count). The number of carboxylic acid groups (broad SMARTS) is 1. The Morgan fingerprint density at radius 2 is 1.87 bits per heavy atom. The molecule has 23 heavy (non-hydrogen) atoms. The number of nitrogens with zero attached hydrogens (tertiary/aromatic N) is 1. The molecular formula is C15H12FNO4S2. The molecular weight excluding hydrogens is 341 g/mol. The Kier molecular flexibility index (Phi) is 4.03. The molecule has 2 aromatic carbocycles. The summed E-state index contributed by atoms with van der Waals surface area (Å²) in [5, 5.41) is 9.11. The molecule has 0 saturated carbocycles. The number of carboxylic acids is 1. The van der Waals surface area contributed by atoms with Gasteiger partial charge < -0.3 is 5.11 Å². The van der Waals surface area contributed by atoms with Crippen molar-refractivity contribution in [3.63, 3.8) is 0 Å². The molecule has 0 aromatic heterocycles. The quantitative estimate of drug-likeness (QED) is 0.918. The smallest absolute Gasteiger partial charge is 0.335 e. The number of aromatic carboxylic acids is 1. The molecule has 0 unspecified atom stereocenters. The summed E-state index contributed by atoms with van der Waals surface area (Å²) in [6.07, 6.45) is 0. The van der Waals surface area contributed by atoms with Crippen LogP contribution < -0.4 is 4.31 Å². The van der Waals surface area contributed by atoms with E-state index < -0.39 is 21.8 Å². The van der Waals surface area contributed by atoms with Gasteiger partial charge in [-0.15, -0.1) is 11.8 Å². The minimum atomic E-state index is -3.87. The standard InChI is InChI=1S/C15H12FNO4S2/c16-11-2-4-12(5-3-11)23(20,21)17-7-8-22-14-6-1-10(15(18)19)9-13(14)17/h1-6,9H,7-8H2,(H,18,19). The number of anilines is 1. The van der Waals surface area contributed by atoms with Gasteiger partial charge in [0.25, 0.3) is 10.0 Å². The molecule has 0 saturated heterocycles. The fraction of sp³-hybridized carbons (Fsp3) is 0.133. The van der Waals surface area contributed by atoms with Gasteiger partial charge in [-0.25, -0.2) is 17.6 Å². The number of fused-ring (bicyclic) bond motifs is 1. The lowest BCUT2D eigenvalue weighted by molar-refractivity contribution is 0.0697. The van der Waals surface area contributed by atoms with Gasteiger partial charge in [-0.2, -0.15) is 0 Å².